The van der Waals surface area contributed by atoms with Crippen LogP contribution in [-0.4, -0.2) is 28.0 Å². The maximum atomic E-state index is 10.9. The summed E-state index contributed by atoms with van der Waals surface area (Å²) in [6.07, 6.45) is 2.28. The van der Waals surface area contributed by atoms with Crippen LogP contribution in [0.25, 0.3) is 0 Å². The molecule has 1 aromatic heterocycles. The van der Waals surface area contributed by atoms with Gasteiger partial charge in [0.15, 0.2) is 0 Å². The van der Waals surface area contributed by atoms with Gasteiger partial charge in [-0.2, -0.15) is 5.10 Å². The van der Waals surface area contributed by atoms with Crippen molar-refractivity contribution in [3.8, 4) is 0 Å². The van der Waals surface area contributed by atoms with Crippen molar-refractivity contribution in [3.05, 3.63) is 17.5 Å². The Kier molecular flexibility index (Phi) is 3.85. The predicted octanol–water partition coefficient (Wildman–Crippen LogP) is 1.70. The summed E-state index contributed by atoms with van der Waals surface area (Å²) >= 11 is 0. The monoisotopic (exact) mass is 212 g/mol. The SMILES string of the molecule is CCC(C)n1ncc(C(=O)O)c1COC. The molecule has 1 N–H and O–H groups in total. The second-order valence-corrected chi connectivity index (χ2v) is 3.44. The Morgan fingerprint density at radius 1 is 1.73 bits per heavy atom. The number of hydrogen-bond donors (Lipinski definition) is 1. The van der Waals surface area contributed by atoms with Crippen molar-refractivity contribution in [2.24, 2.45) is 0 Å². The lowest BCUT2D eigenvalue weighted by molar-refractivity contribution is 0.0691. The first kappa shape index (κ1) is 11.7. The Morgan fingerprint density at radius 3 is 2.87 bits per heavy atom. The molecule has 1 atom stereocenters. The summed E-state index contributed by atoms with van der Waals surface area (Å²) in [6, 6.07) is 0.184. The summed E-state index contributed by atoms with van der Waals surface area (Å²) < 4.78 is 6.70. The fourth-order valence-corrected chi connectivity index (χ4v) is 1.40. The van der Waals surface area contributed by atoms with E-state index in [9.17, 15) is 4.79 Å². The van der Waals surface area contributed by atoms with Gasteiger partial charge in [0, 0.05) is 13.2 Å². The van der Waals surface area contributed by atoms with Crippen LogP contribution in [0, 0.1) is 0 Å². The second kappa shape index (κ2) is 4.93. The van der Waals surface area contributed by atoms with Crippen LogP contribution in [-0.2, 0) is 11.3 Å². The number of methoxy groups -OCH3 is 1. The molecule has 0 aromatic carbocycles. The summed E-state index contributed by atoms with van der Waals surface area (Å²) in [7, 11) is 1.54. The van der Waals surface area contributed by atoms with Gasteiger partial charge in [-0.1, -0.05) is 6.92 Å². The number of carboxylic acid groups (broad SMARTS) is 1. The van der Waals surface area contributed by atoms with E-state index in [4.69, 9.17) is 9.84 Å². The Balaban J connectivity index is 3.11. The number of hydrogen-bond acceptors (Lipinski definition) is 3. The van der Waals surface area contributed by atoms with Crippen LogP contribution in [0.5, 0.6) is 0 Å². The van der Waals surface area contributed by atoms with Gasteiger partial charge in [0.2, 0.25) is 0 Å². The van der Waals surface area contributed by atoms with E-state index in [-0.39, 0.29) is 18.2 Å². The highest BCUT2D eigenvalue weighted by molar-refractivity contribution is 5.88. The van der Waals surface area contributed by atoms with Gasteiger partial charge in [0.1, 0.15) is 5.56 Å². The predicted molar refractivity (Wildman–Crippen MR) is 54.9 cm³/mol. The average Bonchev–Trinajstić information content (AvgIpc) is 2.61. The molecule has 0 saturated carbocycles. The van der Waals surface area contributed by atoms with Gasteiger partial charge >= 0.3 is 5.97 Å². The first-order chi connectivity index (χ1) is 7.11. The smallest absolute Gasteiger partial charge is 0.339 e. The lowest BCUT2D eigenvalue weighted by atomic mass is 10.2. The highest BCUT2D eigenvalue weighted by atomic mass is 16.5. The van der Waals surface area contributed by atoms with Crippen molar-refractivity contribution < 1.29 is 14.6 Å². The minimum absolute atomic E-state index is 0.184. The van der Waals surface area contributed by atoms with E-state index in [1.807, 2.05) is 13.8 Å². The molecule has 1 heterocycles. The van der Waals surface area contributed by atoms with Crippen LogP contribution in [0.4, 0.5) is 0 Å². The van der Waals surface area contributed by atoms with Gasteiger partial charge in [-0.15, -0.1) is 0 Å². The summed E-state index contributed by atoms with van der Waals surface area (Å²) in [5.41, 5.74) is 0.844. The van der Waals surface area contributed by atoms with Gasteiger partial charge in [-0.05, 0) is 13.3 Å². The highest BCUT2D eigenvalue weighted by Gasteiger charge is 2.18. The quantitative estimate of drug-likeness (QED) is 0.806. The molecule has 0 fully saturated rings. The normalized spacial score (nSPS) is 12.7. The van der Waals surface area contributed by atoms with Gasteiger partial charge < -0.3 is 9.84 Å². The summed E-state index contributed by atoms with van der Waals surface area (Å²) in [5, 5.41) is 13.0. The van der Waals surface area contributed by atoms with E-state index >= 15 is 0 Å². The maximum Gasteiger partial charge on any atom is 0.339 e. The Hall–Kier alpha value is -1.36. The molecule has 0 aliphatic heterocycles. The van der Waals surface area contributed by atoms with Crippen molar-refractivity contribution in [3.63, 3.8) is 0 Å². The molecule has 5 heteroatoms. The van der Waals surface area contributed by atoms with Gasteiger partial charge in [-0.25, -0.2) is 4.79 Å². The molecular formula is C10H16N2O3. The molecule has 0 saturated heterocycles. The molecule has 0 radical (unpaired) electrons. The standard InChI is InChI=1S/C10H16N2O3/c1-4-7(2)12-9(6-15-3)8(5-11-12)10(13)14/h5,7H,4,6H2,1-3H3,(H,13,14). The molecule has 0 aliphatic rings. The van der Waals surface area contributed by atoms with Crippen LogP contribution in [0.1, 0.15) is 42.4 Å². The minimum atomic E-state index is -0.961. The molecule has 84 valence electrons. The van der Waals surface area contributed by atoms with E-state index in [2.05, 4.69) is 5.10 Å². The topological polar surface area (TPSA) is 64.4 Å². The van der Waals surface area contributed by atoms with E-state index in [1.54, 1.807) is 11.8 Å². The molecule has 0 bridgehead atoms. The number of carboxylic acids is 1. The molecule has 5 nitrogen and oxygen atoms in total. The molecule has 15 heavy (non-hydrogen) atoms. The molecule has 0 aliphatic carbocycles. The van der Waals surface area contributed by atoms with E-state index < -0.39 is 5.97 Å². The fourth-order valence-electron chi connectivity index (χ4n) is 1.40. The number of aromatic nitrogens is 2. The first-order valence-electron chi connectivity index (χ1n) is 4.90. The fraction of sp³-hybridized carbons (Fsp3) is 0.600. The van der Waals surface area contributed by atoms with Gasteiger partial charge in [0.05, 0.1) is 18.5 Å². The summed E-state index contributed by atoms with van der Waals surface area (Å²) in [6.45, 7) is 4.30. The second-order valence-electron chi connectivity index (χ2n) is 3.44. The average molecular weight is 212 g/mol. The van der Waals surface area contributed by atoms with E-state index in [1.165, 1.54) is 6.20 Å². The summed E-state index contributed by atoms with van der Waals surface area (Å²) in [5.74, 6) is -0.961. The molecule has 1 aromatic rings. The number of aromatic carboxylic acids is 1. The number of carbonyl (C=O) groups is 1. The third-order valence-electron chi connectivity index (χ3n) is 2.42. The first-order valence-corrected chi connectivity index (χ1v) is 4.90. The number of rotatable bonds is 5. The number of nitrogens with zero attached hydrogens (tertiary/aromatic N) is 2. The molecule has 1 rings (SSSR count). The van der Waals surface area contributed by atoms with Crippen molar-refractivity contribution in [2.45, 2.75) is 32.9 Å². The summed E-state index contributed by atoms with van der Waals surface area (Å²) in [4.78, 5) is 10.9. The van der Waals surface area contributed by atoms with Crippen LogP contribution in [0.3, 0.4) is 0 Å². The lowest BCUT2D eigenvalue weighted by Gasteiger charge is -2.13. The minimum Gasteiger partial charge on any atom is -0.478 e. The van der Waals surface area contributed by atoms with Crippen LogP contribution in [0.15, 0.2) is 6.20 Å². The van der Waals surface area contributed by atoms with Crippen LogP contribution in [0.2, 0.25) is 0 Å². The molecule has 0 spiro atoms. The third kappa shape index (κ3) is 2.36. The maximum absolute atomic E-state index is 10.9. The zero-order valence-corrected chi connectivity index (χ0v) is 9.23. The van der Waals surface area contributed by atoms with E-state index in [0.29, 0.717) is 5.69 Å². The van der Waals surface area contributed by atoms with Crippen molar-refractivity contribution >= 4 is 5.97 Å². The third-order valence-corrected chi connectivity index (χ3v) is 2.42. The highest BCUT2D eigenvalue weighted by Crippen LogP contribution is 2.17. The molecular weight excluding hydrogens is 196 g/mol. The van der Waals surface area contributed by atoms with Crippen molar-refractivity contribution in [1.82, 2.24) is 9.78 Å². The molecule has 0 amide bonds. The van der Waals surface area contributed by atoms with Crippen molar-refractivity contribution in [1.29, 1.82) is 0 Å². The zero-order valence-electron chi connectivity index (χ0n) is 9.23. The van der Waals surface area contributed by atoms with E-state index in [0.717, 1.165) is 6.42 Å². The Bertz CT molecular complexity index is 346. The van der Waals surface area contributed by atoms with Gasteiger partial charge in [-0.3, -0.25) is 4.68 Å². The largest absolute Gasteiger partial charge is 0.478 e. The lowest BCUT2D eigenvalue weighted by Crippen LogP contribution is -2.12. The number of ether oxygens (including phenoxy) is 1. The van der Waals surface area contributed by atoms with Crippen LogP contribution < -0.4 is 0 Å². The Morgan fingerprint density at radius 2 is 2.40 bits per heavy atom. The zero-order chi connectivity index (χ0) is 11.4. The van der Waals surface area contributed by atoms with Gasteiger partial charge in [0.25, 0.3) is 0 Å². The van der Waals surface area contributed by atoms with Crippen molar-refractivity contribution in [2.75, 3.05) is 7.11 Å². The molecule has 1 unspecified atom stereocenters. The van der Waals surface area contributed by atoms with Crippen LogP contribution >= 0.6 is 0 Å². The Labute approximate surface area is 88.7 Å².